The van der Waals surface area contributed by atoms with Crippen LogP contribution in [0, 0.1) is 28.5 Å². The van der Waals surface area contributed by atoms with Crippen molar-refractivity contribution in [1.82, 2.24) is 4.98 Å². The number of nitrogens with zero attached hydrogens (tertiary/aromatic N) is 3. The predicted octanol–water partition coefficient (Wildman–Crippen LogP) is 3.92. The summed E-state index contributed by atoms with van der Waals surface area (Å²) in [4.78, 5) is 4.34. The molecule has 0 radical (unpaired) electrons. The van der Waals surface area contributed by atoms with Crippen LogP contribution in [0.1, 0.15) is 11.1 Å². The Labute approximate surface area is 123 Å². The van der Waals surface area contributed by atoms with Crippen molar-refractivity contribution >= 4 is 32.4 Å². The molecule has 0 amide bonds. The SMILES string of the molecule is N#Cc1ccc(Nc2nc3ccc(F)cc3s2)cc1C#N. The Morgan fingerprint density at radius 3 is 2.62 bits per heavy atom. The zero-order chi connectivity index (χ0) is 14.8. The number of anilines is 2. The minimum atomic E-state index is -0.303. The highest BCUT2D eigenvalue weighted by Gasteiger charge is 2.07. The smallest absolute Gasteiger partial charge is 0.188 e. The zero-order valence-corrected chi connectivity index (χ0v) is 11.4. The van der Waals surface area contributed by atoms with Gasteiger partial charge in [-0.05, 0) is 36.4 Å². The molecule has 0 aliphatic carbocycles. The number of rotatable bonds is 2. The summed E-state index contributed by atoms with van der Waals surface area (Å²) in [5.41, 5.74) is 1.99. The number of thiazole rings is 1. The van der Waals surface area contributed by atoms with Crippen LogP contribution in [0.5, 0.6) is 0 Å². The third-order valence-electron chi connectivity index (χ3n) is 2.86. The molecule has 0 unspecified atom stereocenters. The number of halogens is 1. The summed E-state index contributed by atoms with van der Waals surface area (Å²) in [7, 11) is 0. The normalized spacial score (nSPS) is 10.0. The van der Waals surface area contributed by atoms with Gasteiger partial charge >= 0.3 is 0 Å². The van der Waals surface area contributed by atoms with Crippen molar-refractivity contribution in [2.45, 2.75) is 0 Å². The molecule has 0 saturated carbocycles. The van der Waals surface area contributed by atoms with E-state index in [4.69, 9.17) is 10.5 Å². The van der Waals surface area contributed by atoms with E-state index in [1.807, 2.05) is 12.1 Å². The van der Waals surface area contributed by atoms with Gasteiger partial charge in [-0.15, -0.1) is 0 Å². The molecule has 0 saturated heterocycles. The minimum absolute atomic E-state index is 0.301. The van der Waals surface area contributed by atoms with Crippen molar-refractivity contribution in [2.75, 3.05) is 5.32 Å². The maximum absolute atomic E-state index is 13.1. The number of nitrogens with one attached hydrogen (secondary N) is 1. The predicted molar refractivity (Wildman–Crippen MR) is 78.7 cm³/mol. The van der Waals surface area contributed by atoms with Gasteiger partial charge in [0.2, 0.25) is 0 Å². The molecule has 3 aromatic rings. The fourth-order valence-electron chi connectivity index (χ4n) is 1.89. The number of fused-ring (bicyclic) bond motifs is 1. The highest BCUT2D eigenvalue weighted by molar-refractivity contribution is 7.22. The number of hydrogen-bond acceptors (Lipinski definition) is 5. The lowest BCUT2D eigenvalue weighted by Crippen LogP contribution is -1.91. The standard InChI is InChI=1S/C15H7FN4S/c16-11-2-4-13-14(6-11)21-15(20-13)19-12-3-1-9(7-17)10(5-12)8-18/h1-6H,(H,19,20). The molecule has 2 aromatic carbocycles. The van der Waals surface area contributed by atoms with E-state index >= 15 is 0 Å². The average molecular weight is 294 g/mol. The van der Waals surface area contributed by atoms with Crippen LogP contribution >= 0.6 is 11.3 Å². The van der Waals surface area contributed by atoms with E-state index in [1.54, 1.807) is 24.3 Å². The maximum atomic E-state index is 13.1. The second kappa shape index (κ2) is 5.20. The van der Waals surface area contributed by atoms with Crippen LogP contribution in [0.25, 0.3) is 10.2 Å². The highest BCUT2D eigenvalue weighted by Crippen LogP contribution is 2.29. The highest BCUT2D eigenvalue weighted by atomic mass is 32.1. The van der Waals surface area contributed by atoms with Gasteiger partial charge in [0.05, 0.1) is 21.3 Å². The molecule has 4 nitrogen and oxygen atoms in total. The molecule has 0 bridgehead atoms. The minimum Gasteiger partial charge on any atom is -0.331 e. The molecule has 21 heavy (non-hydrogen) atoms. The van der Waals surface area contributed by atoms with Crippen molar-refractivity contribution in [2.24, 2.45) is 0 Å². The van der Waals surface area contributed by atoms with Crippen LogP contribution in [0.4, 0.5) is 15.2 Å². The first-order chi connectivity index (χ1) is 10.2. The molecular weight excluding hydrogens is 287 g/mol. The topological polar surface area (TPSA) is 72.5 Å². The van der Waals surface area contributed by atoms with Gasteiger partial charge < -0.3 is 5.32 Å². The largest absolute Gasteiger partial charge is 0.331 e. The van der Waals surface area contributed by atoms with Crippen LogP contribution in [0.3, 0.4) is 0 Å². The average Bonchev–Trinajstić information content (AvgIpc) is 2.88. The first-order valence-electron chi connectivity index (χ1n) is 5.97. The first kappa shape index (κ1) is 13.0. The van der Waals surface area contributed by atoms with Gasteiger partial charge in [0.15, 0.2) is 5.13 Å². The molecular formula is C15H7FN4S. The summed E-state index contributed by atoms with van der Waals surface area (Å²) in [6.07, 6.45) is 0. The molecule has 0 aliphatic heterocycles. The monoisotopic (exact) mass is 294 g/mol. The maximum Gasteiger partial charge on any atom is 0.188 e. The van der Waals surface area contributed by atoms with Crippen molar-refractivity contribution in [3.05, 3.63) is 53.3 Å². The Morgan fingerprint density at radius 2 is 1.86 bits per heavy atom. The number of aromatic nitrogens is 1. The Hall–Kier alpha value is -2.96. The first-order valence-corrected chi connectivity index (χ1v) is 6.78. The Balaban J connectivity index is 1.95. The molecule has 0 spiro atoms. The van der Waals surface area contributed by atoms with Gasteiger partial charge in [-0.25, -0.2) is 9.37 Å². The fraction of sp³-hybridized carbons (Fsp3) is 0. The Kier molecular flexibility index (Phi) is 3.23. The van der Waals surface area contributed by atoms with Crippen LogP contribution in [0.2, 0.25) is 0 Å². The summed E-state index contributed by atoms with van der Waals surface area (Å²) in [6, 6.07) is 13.2. The van der Waals surface area contributed by atoms with Gasteiger partial charge in [-0.1, -0.05) is 11.3 Å². The number of hydrogen-bond donors (Lipinski definition) is 1. The van der Waals surface area contributed by atoms with Crippen molar-refractivity contribution in [1.29, 1.82) is 10.5 Å². The van der Waals surface area contributed by atoms with Gasteiger partial charge in [-0.2, -0.15) is 10.5 Å². The van der Waals surface area contributed by atoms with Gasteiger partial charge in [0, 0.05) is 5.69 Å². The number of benzene rings is 2. The molecule has 1 heterocycles. The van der Waals surface area contributed by atoms with Crippen molar-refractivity contribution < 1.29 is 4.39 Å². The van der Waals surface area contributed by atoms with Gasteiger partial charge in [-0.3, -0.25) is 0 Å². The summed E-state index contributed by atoms with van der Waals surface area (Å²) in [6.45, 7) is 0. The van der Waals surface area contributed by atoms with E-state index < -0.39 is 0 Å². The third kappa shape index (κ3) is 2.53. The lowest BCUT2D eigenvalue weighted by molar-refractivity contribution is 0.630. The Morgan fingerprint density at radius 1 is 1.05 bits per heavy atom. The van der Waals surface area contributed by atoms with Crippen LogP contribution in [0.15, 0.2) is 36.4 Å². The molecule has 3 rings (SSSR count). The lowest BCUT2D eigenvalue weighted by Gasteiger charge is -2.03. The zero-order valence-electron chi connectivity index (χ0n) is 10.6. The quantitative estimate of drug-likeness (QED) is 0.777. The second-order valence-corrected chi connectivity index (χ2v) is 5.27. The van der Waals surface area contributed by atoms with Crippen LogP contribution in [-0.4, -0.2) is 4.98 Å². The van der Waals surface area contributed by atoms with E-state index in [2.05, 4.69) is 10.3 Å². The molecule has 1 aromatic heterocycles. The summed E-state index contributed by atoms with van der Waals surface area (Å²) in [5.74, 6) is -0.303. The summed E-state index contributed by atoms with van der Waals surface area (Å²) in [5, 5.41) is 21.5. The third-order valence-corrected chi connectivity index (χ3v) is 3.80. The second-order valence-electron chi connectivity index (χ2n) is 4.24. The lowest BCUT2D eigenvalue weighted by atomic mass is 10.1. The van der Waals surface area contributed by atoms with E-state index in [-0.39, 0.29) is 5.82 Å². The van der Waals surface area contributed by atoms with Crippen molar-refractivity contribution in [3.63, 3.8) is 0 Å². The summed E-state index contributed by atoms with van der Waals surface area (Å²) < 4.78 is 13.9. The molecule has 100 valence electrons. The van der Waals surface area contributed by atoms with E-state index in [9.17, 15) is 4.39 Å². The molecule has 1 N–H and O–H groups in total. The van der Waals surface area contributed by atoms with Crippen molar-refractivity contribution in [3.8, 4) is 12.1 Å². The van der Waals surface area contributed by atoms with Crippen LogP contribution < -0.4 is 5.32 Å². The van der Waals surface area contributed by atoms with Gasteiger partial charge in [0.25, 0.3) is 0 Å². The molecule has 0 aliphatic rings. The molecule has 0 fully saturated rings. The van der Waals surface area contributed by atoms with Crippen LogP contribution in [-0.2, 0) is 0 Å². The van der Waals surface area contributed by atoms with E-state index in [0.717, 1.165) is 4.70 Å². The fourth-order valence-corrected chi connectivity index (χ4v) is 2.80. The van der Waals surface area contributed by atoms with E-state index in [0.29, 0.717) is 27.5 Å². The molecule has 0 atom stereocenters. The molecule has 6 heteroatoms. The van der Waals surface area contributed by atoms with E-state index in [1.165, 1.54) is 23.5 Å². The van der Waals surface area contributed by atoms with Gasteiger partial charge in [0.1, 0.15) is 18.0 Å². The Bertz CT molecular complexity index is 918. The summed E-state index contributed by atoms with van der Waals surface area (Å²) >= 11 is 1.32. The number of nitriles is 2.